The van der Waals surface area contributed by atoms with Gasteiger partial charge in [0, 0.05) is 0 Å². The molecule has 0 saturated carbocycles. The van der Waals surface area contributed by atoms with Crippen LogP contribution in [0.1, 0.15) is 0 Å². The summed E-state index contributed by atoms with van der Waals surface area (Å²) in [7, 11) is 0. The molecule has 0 saturated heterocycles. The summed E-state index contributed by atoms with van der Waals surface area (Å²) in [6.45, 7) is 0. The molecular weight excluding hydrogens is 316 g/mol. The van der Waals surface area contributed by atoms with Crippen molar-refractivity contribution in [1.29, 1.82) is 0 Å². The van der Waals surface area contributed by atoms with Gasteiger partial charge in [0.2, 0.25) is 0 Å². The van der Waals surface area contributed by atoms with Gasteiger partial charge in [0.1, 0.15) is 10.1 Å². The lowest BCUT2D eigenvalue weighted by molar-refractivity contribution is 0.413. The molecule has 0 spiro atoms. The van der Waals surface area contributed by atoms with Crippen LogP contribution in [-0.2, 0) is 0 Å². The highest BCUT2D eigenvalue weighted by atomic mass is 79.9. The monoisotopic (exact) mass is 315 g/mol. The molecule has 17 heavy (non-hydrogen) atoms. The number of aromatic nitrogens is 1. The summed E-state index contributed by atoms with van der Waals surface area (Å²) >= 11 is 2.44. The third kappa shape index (κ3) is 1.58. The van der Waals surface area contributed by atoms with Crippen LogP contribution in [0.4, 0.5) is 26.3 Å². The van der Waals surface area contributed by atoms with Crippen LogP contribution in [0.2, 0.25) is 0 Å². The summed E-state index contributed by atoms with van der Waals surface area (Å²) in [4.78, 5) is 3.08. The number of benzene rings is 1. The van der Waals surface area contributed by atoms with Gasteiger partial charge in [-0.25, -0.2) is 31.3 Å². The fourth-order valence-electron chi connectivity index (χ4n) is 1.27. The molecule has 2 rings (SSSR count). The molecule has 2 aromatic rings. The highest BCUT2D eigenvalue weighted by molar-refractivity contribution is 9.10. The molecule has 1 aromatic carbocycles. The fraction of sp³-hybridized carbons (Fsp3) is 0. The van der Waals surface area contributed by atoms with Crippen molar-refractivity contribution in [1.82, 2.24) is 4.98 Å². The molecule has 0 N–H and O–H groups in total. The molecular formula is C9BrF6N. The van der Waals surface area contributed by atoms with Gasteiger partial charge in [0.25, 0.3) is 0 Å². The zero-order valence-corrected chi connectivity index (χ0v) is 9.18. The highest BCUT2D eigenvalue weighted by Gasteiger charge is 2.26. The van der Waals surface area contributed by atoms with E-state index >= 15 is 0 Å². The van der Waals surface area contributed by atoms with E-state index in [1.165, 1.54) is 0 Å². The van der Waals surface area contributed by atoms with Crippen molar-refractivity contribution in [3.05, 3.63) is 39.5 Å². The summed E-state index contributed by atoms with van der Waals surface area (Å²) < 4.78 is 77.5. The second-order valence-corrected chi connectivity index (χ2v) is 3.76. The largest absolute Gasteiger partial charge is 0.234 e. The van der Waals surface area contributed by atoms with Crippen LogP contribution in [0.5, 0.6) is 0 Å². The first-order valence-electron chi connectivity index (χ1n) is 4.02. The maximum absolute atomic E-state index is 13.3. The number of halogens is 7. The zero-order chi connectivity index (χ0) is 12.9. The fourth-order valence-corrected chi connectivity index (χ4v) is 1.62. The average Bonchev–Trinajstić information content (AvgIpc) is 2.30. The Bertz CT molecular complexity index is 633. The smallest absolute Gasteiger partial charge is 0.199 e. The van der Waals surface area contributed by atoms with E-state index < -0.39 is 50.4 Å². The highest BCUT2D eigenvalue weighted by Crippen LogP contribution is 2.30. The Morgan fingerprint density at radius 1 is 0.647 bits per heavy atom. The summed E-state index contributed by atoms with van der Waals surface area (Å²) in [5, 5.41) is -1.37. The Morgan fingerprint density at radius 3 is 1.71 bits per heavy atom. The van der Waals surface area contributed by atoms with Crippen LogP contribution in [0, 0.1) is 34.9 Å². The standard InChI is InChI=1S/C9BrF6N/c10-9-7(16)3(12)1-2(11)4(13)5(14)6(15)8(1)17-9. The molecule has 1 nitrogen and oxygen atoms in total. The molecule has 0 unspecified atom stereocenters. The van der Waals surface area contributed by atoms with Crippen LogP contribution >= 0.6 is 15.9 Å². The lowest BCUT2D eigenvalue weighted by Crippen LogP contribution is -2.04. The Balaban J connectivity index is 3.12. The molecule has 0 aliphatic carbocycles. The molecule has 8 heteroatoms. The van der Waals surface area contributed by atoms with Crippen molar-refractivity contribution in [3.63, 3.8) is 0 Å². The first kappa shape index (κ1) is 12.2. The molecule has 0 atom stereocenters. The number of nitrogens with zero attached hydrogens (tertiary/aromatic N) is 1. The zero-order valence-electron chi connectivity index (χ0n) is 7.59. The lowest BCUT2D eigenvalue weighted by atomic mass is 10.1. The Hall–Kier alpha value is -1.31. The van der Waals surface area contributed by atoms with E-state index in [0.29, 0.717) is 0 Å². The Labute approximate surface area is 98.2 Å². The first-order chi connectivity index (χ1) is 7.86. The molecule has 0 radical (unpaired) electrons. The van der Waals surface area contributed by atoms with Crippen LogP contribution in [0.3, 0.4) is 0 Å². The van der Waals surface area contributed by atoms with E-state index in [1.807, 2.05) is 0 Å². The van der Waals surface area contributed by atoms with Gasteiger partial charge in [-0.05, 0) is 15.9 Å². The van der Waals surface area contributed by atoms with Crippen LogP contribution in [0.15, 0.2) is 4.60 Å². The van der Waals surface area contributed by atoms with E-state index in [0.717, 1.165) is 0 Å². The van der Waals surface area contributed by atoms with Gasteiger partial charge in [0.05, 0.1) is 5.39 Å². The van der Waals surface area contributed by atoms with E-state index in [2.05, 4.69) is 20.9 Å². The summed E-state index contributed by atoms with van der Waals surface area (Å²) in [6.07, 6.45) is 0. The summed E-state index contributed by atoms with van der Waals surface area (Å²) in [6, 6.07) is 0. The van der Waals surface area contributed by atoms with Gasteiger partial charge in [-0.1, -0.05) is 0 Å². The van der Waals surface area contributed by atoms with Crippen LogP contribution in [-0.4, -0.2) is 4.98 Å². The van der Waals surface area contributed by atoms with Crippen molar-refractivity contribution < 1.29 is 26.3 Å². The number of fused-ring (bicyclic) bond motifs is 1. The number of pyridine rings is 1. The van der Waals surface area contributed by atoms with Crippen molar-refractivity contribution in [3.8, 4) is 0 Å². The second-order valence-electron chi connectivity index (χ2n) is 3.01. The number of hydrogen-bond donors (Lipinski definition) is 0. The van der Waals surface area contributed by atoms with Gasteiger partial charge in [0.15, 0.2) is 34.9 Å². The predicted octanol–water partition coefficient (Wildman–Crippen LogP) is 3.83. The summed E-state index contributed by atoms with van der Waals surface area (Å²) in [5.41, 5.74) is -1.13. The number of rotatable bonds is 0. The van der Waals surface area contributed by atoms with Gasteiger partial charge < -0.3 is 0 Å². The minimum atomic E-state index is -2.22. The topological polar surface area (TPSA) is 12.9 Å². The van der Waals surface area contributed by atoms with Gasteiger partial charge in [-0.2, -0.15) is 0 Å². The van der Waals surface area contributed by atoms with Gasteiger partial charge in [-0.15, -0.1) is 0 Å². The first-order valence-corrected chi connectivity index (χ1v) is 4.81. The quantitative estimate of drug-likeness (QED) is 0.311. The molecule has 0 bridgehead atoms. The molecule has 1 aromatic heterocycles. The SMILES string of the molecule is Fc1c(F)c(F)c2c(F)c(F)c(Br)nc2c1F. The summed E-state index contributed by atoms with van der Waals surface area (Å²) in [5.74, 6) is -11.8. The molecule has 0 fully saturated rings. The van der Waals surface area contributed by atoms with Gasteiger partial charge in [-0.3, -0.25) is 0 Å². The molecule has 0 aliphatic rings. The van der Waals surface area contributed by atoms with Gasteiger partial charge >= 0.3 is 0 Å². The second kappa shape index (κ2) is 3.86. The predicted molar refractivity (Wildman–Crippen MR) is 49.2 cm³/mol. The lowest BCUT2D eigenvalue weighted by Gasteiger charge is -2.06. The normalized spacial score (nSPS) is 11.2. The Kier molecular flexibility index (Phi) is 2.76. The van der Waals surface area contributed by atoms with Crippen molar-refractivity contribution in [2.45, 2.75) is 0 Å². The molecule has 0 amide bonds. The minimum Gasteiger partial charge on any atom is -0.234 e. The van der Waals surface area contributed by atoms with E-state index in [1.54, 1.807) is 0 Å². The van der Waals surface area contributed by atoms with Crippen LogP contribution in [0.25, 0.3) is 10.9 Å². The number of hydrogen-bond acceptors (Lipinski definition) is 1. The molecule has 90 valence electrons. The average molecular weight is 316 g/mol. The third-order valence-electron chi connectivity index (χ3n) is 2.05. The van der Waals surface area contributed by atoms with E-state index in [-0.39, 0.29) is 0 Å². The van der Waals surface area contributed by atoms with E-state index in [9.17, 15) is 26.3 Å². The molecule has 0 aliphatic heterocycles. The van der Waals surface area contributed by atoms with Crippen LogP contribution < -0.4 is 0 Å². The minimum absolute atomic E-state index is 0.771. The van der Waals surface area contributed by atoms with Crippen molar-refractivity contribution >= 4 is 26.8 Å². The molecule has 1 heterocycles. The third-order valence-corrected chi connectivity index (χ3v) is 2.57. The van der Waals surface area contributed by atoms with Crippen molar-refractivity contribution in [2.24, 2.45) is 0 Å². The van der Waals surface area contributed by atoms with E-state index in [4.69, 9.17) is 0 Å². The van der Waals surface area contributed by atoms with Crippen molar-refractivity contribution in [2.75, 3.05) is 0 Å². The maximum Gasteiger partial charge on any atom is 0.199 e. The Morgan fingerprint density at radius 2 is 1.12 bits per heavy atom. The maximum atomic E-state index is 13.3.